The fourth-order valence-electron chi connectivity index (χ4n) is 1.98. The van der Waals surface area contributed by atoms with Crippen LogP contribution in [0.25, 0.3) is 5.69 Å². The van der Waals surface area contributed by atoms with E-state index in [2.05, 4.69) is 15.3 Å². The number of carbonyl (C=O) groups excluding carboxylic acids is 1. The first-order valence-corrected chi connectivity index (χ1v) is 7.20. The molecule has 5 nitrogen and oxygen atoms in total. The molecule has 3 rings (SSSR count). The van der Waals surface area contributed by atoms with Gasteiger partial charge in [0.25, 0.3) is 5.91 Å². The van der Waals surface area contributed by atoms with Gasteiger partial charge in [-0.3, -0.25) is 4.79 Å². The van der Waals surface area contributed by atoms with Crippen LogP contribution in [0.1, 0.15) is 15.5 Å². The van der Waals surface area contributed by atoms with Crippen LogP contribution in [0.4, 0.5) is 0 Å². The van der Waals surface area contributed by atoms with Crippen LogP contribution >= 0.6 is 11.3 Å². The van der Waals surface area contributed by atoms with Crippen molar-refractivity contribution >= 4 is 17.2 Å². The lowest BCUT2D eigenvalue weighted by atomic mass is 10.3. The van der Waals surface area contributed by atoms with Crippen molar-refractivity contribution < 1.29 is 4.79 Å². The van der Waals surface area contributed by atoms with Crippen LogP contribution in [-0.2, 0) is 6.42 Å². The smallest absolute Gasteiger partial charge is 0.263 e. The second kappa shape index (κ2) is 5.75. The first-order valence-electron chi connectivity index (χ1n) is 6.32. The molecule has 0 fully saturated rings. The molecule has 3 heterocycles. The summed E-state index contributed by atoms with van der Waals surface area (Å²) in [5, 5.41) is 4.85. The van der Waals surface area contributed by atoms with E-state index in [1.807, 2.05) is 40.5 Å². The fourth-order valence-corrected chi connectivity index (χ4v) is 2.79. The van der Waals surface area contributed by atoms with Gasteiger partial charge in [0.15, 0.2) is 0 Å². The summed E-state index contributed by atoms with van der Waals surface area (Å²) < 4.78 is 1.94. The molecule has 0 saturated carbocycles. The highest BCUT2D eigenvalue weighted by Gasteiger charge is 2.13. The molecule has 0 aliphatic heterocycles. The summed E-state index contributed by atoms with van der Waals surface area (Å²) in [4.78, 5) is 20.1. The maximum atomic E-state index is 12.2. The Kier molecular flexibility index (Phi) is 3.64. The average Bonchev–Trinajstić information content (AvgIpc) is 3.19. The topological polar surface area (TPSA) is 62.7 Å². The maximum Gasteiger partial charge on any atom is 0.263 e. The highest BCUT2D eigenvalue weighted by Crippen LogP contribution is 2.21. The van der Waals surface area contributed by atoms with E-state index in [4.69, 9.17) is 0 Å². The van der Waals surface area contributed by atoms with Gasteiger partial charge in [0.2, 0.25) is 0 Å². The van der Waals surface area contributed by atoms with Gasteiger partial charge in [-0.15, -0.1) is 11.3 Å². The van der Waals surface area contributed by atoms with E-state index in [9.17, 15) is 4.79 Å². The summed E-state index contributed by atoms with van der Waals surface area (Å²) in [7, 11) is 0. The molecule has 0 atom stereocenters. The molecule has 0 saturated heterocycles. The molecule has 1 amide bonds. The number of thiophene rings is 1. The van der Waals surface area contributed by atoms with Crippen LogP contribution in [0.15, 0.2) is 48.4 Å². The van der Waals surface area contributed by atoms with Crippen LogP contribution < -0.4 is 5.32 Å². The van der Waals surface area contributed by atoms with E-state index in [1.165, 1.54) is 11.3 Å². The molecule has 0 spiro atoms. The van der Waals surface area contributed by atoms with Crippen LogP contribution in [0, 0.1) is 0 Å². The van der Waals surface area contributed by atoms with Crippen molar-refractivity contribution in [3.8, 4) is 5.69 Å². The summed E-state index contributed by atoms with van der Waals surface area (Å²) in [5.41, 5.74) is 0.912. The highest BCUT2D eigenvalue weighted by molar-refractivity contribution is 7.12. The Hall–Kier alpha value is -2.34. The Labute approximate surface area is 120 Å². The molecule has 6 heteroatoms. The number of rotatable bonds is 5. The van der Waals surface area contributed by atoms with E-state index in [0.717, 1.165) is 16.4 Å². The van der Waals surface area contributed by atoms with Gasteiger partial charge in [-0.05, 0) is 23.6 Å². The summed E-state index contributed by atoms with van der Waals surface area (Å²) in [5.74, 6) is 0.831. The standard InChI is InChI=1S/C14H14N4OS/c19-14(17-5-3-12-15-6-7-16-12)13-11(4-10-20-13)18-8-1-2-9-18/h1-2,4,6-10H,3,5H2,(H,15,16)(H,17,19). The number of nitrogens with zero attached hydrogens (tertiary/aromatic N) is 2. The largest absolute Gasteiger partial charge is 0.351 e. The van der Waals surface area contributed by atoms with Gasteiger partial charge in [-0.25, -0.2) is 4.98 Å². The van der Waals surface area contributed by atoms with E-state index < -0.39 is 0 Å². The molecule has 0 aliphatic rings. The van der Waals surface area contributed by atoms with Crippen molar-refractivity contribution in [1.82, 2.24) is 19.9 Å². The van der Waals surface area contributed by atoms with Gasteiger partial charge in [-0.1, -0.05) is 0 Å². The monoisotopic (exact) mass is 286 g/mol. The number of hydrogen-bond acceptors (Lipinski definition) is 3. The van der Waals surface area contributed by atoms with Crippen LogP contribution in [-0.4, -0.2) is 27.0 Å². The minimum atomic E-state index is -0.0461. The summed E-state index contributed by atoms with van der Waals surface area (Å²) >= 11 is 1.45. The van der Waals surface area contributed by atoms with Gasteiger partial charge in [0, 0.05) is 37.8 Å². The molecule has 3 aromatic rings. The second-order valence-electron chi connectivity index (χ2n) is 4.27. The quantitative estimate of drug-likeness (QED) is 0.755. The first kappa shape index (κ1) is 12.7. The molecule has 0 radical (unpaired) electrons. The molecule has 3 aromatic heterocycles. The number of hydrogen-bond donors (Lipinski definition) is 2. The number of carbonyl (C=O) groups is 1. The number of aromatic amines is 1. The zero-order chi connectivity index (χ0) is 13.8. The van der Waals surface area contributed by atoms with Crippen molar-refractivity contribution in [2.45, 2.75) is 6.42 Å². The SMILES string of the molecule is O=C(NCCc1ncc[nH]1)c1sccc1-n1cccc1. The van der Waals surface area contributed by atoms with Crippen molar-refractivity contribution in [2.24, 2.45) is 0 Å². The van der Waals surface area contributed by atoms with Gasteiger partial charge in [0.1, 0.15) is 10.7 Å². The van der Waals surface area contributed by atoms with Crippen molar-refractivity contribution in [3.63, 3.8) is 0 Å². The van der Waals surface area contributed by atoms with E-state index >= 15 is 0 Å². The maximum absolute atomic E-state index is 12.2. The van der Waals surface area contributed by atoms with Crippen molar-refractivity contribution in [3.05, 3.63) is 59.1 Å². The second-order valence-corrected chi connectivity index (χ2v) is 5.18. The molecule has 0 aromatic carbocycles. The number of imidazole rings is 1. The Bertz CT molecular complexity index is 670. The van der Waals surface area contributed by atoms with Crippen LogP contribution in [0.2, 0.25) is 0 Å². The predicted molar refractivity (Wildman–Crippen MR) is 78.3 cm³/mol. The lowest BCUT2D eigenvalue weighted by Gasteiger charge is -2.06. The Morgan fingerprint density at radius 3 is 3.00 bits per heavy atom. The zero-order valence-electron chi connectivity index (χ0n) is 10.7. The average molecular weight is 286 g/mol. The minimum Gasteiger partial charge on any atom is -0.351 e. The fraction of sp³-hybridized carbons (Fsp3) is 0.143. The van der Waals surface area contributed by atoms with Crippen LogP contribution in [0.3, 0.4) is 0 Å². The third kappa shape index (κ3) is 2.65. The van der Waals surface area contributed by atoms with Crippen molar-refractivity contribution in [1.29, 1.82) is 0 Å². The van der Waals surface area contributed by atoms with Crippen molar-refractivity contribution in [2.75, 3.05) is 6.54 Å². The molecule has 20 heavy (non-hydrogen) atoms. The number of nitrogens with one attached hydrogen (secondary N) is 2. The van der Waals surface area contributed by atoms with Gasteiger partial charge in [0.05, 0.1) is 5.69 Å². The predicted octanol–water partition coefficient (Wildman–Crippen LogP) is 2.23. The number of aromatic nitrogens is 3. The van der Waals surface area contributed by atoms with E-state index in [-0.39, 0.29) is 5.91 Å². The molecular formula is C14H14N4OS. The van der Waals surface area contributed by atoms with E-state index in [1.54, 1.807) is 12.4 Å². The highest BCUT2D eigenvalue weighted by atomic mass is 32.1. The molecule has 2 N–H and O–H groups in total. The Morgan fingerprint density at radius 2 is 2.25 bits per heavy atom. The molecule has 102 valence electrons. The van der Waals surface area contributed by atoms with Gasteiger partial charge >= 0.3 is 0 Å². The first-order chi connectivity index (χ1) is 9.84. The summed E-state index contributed by atoms with van der Waals surface area (Å²) in [6, 6.07) is 5.83. The lowest BCUT2D eigenvalue weighted by molar-refractivity contribution is 0.0958. The molecule has 0 unspecified atom stereocenters. The normalized spacial score (nSPS) is 10.6. The third-order valence-corrected chi connectivity index (χ3v) is 3.84. The summed E-state index contributed by atoms with van der Waals surface area (Å²) in [6.07, 6.45) is 8.05. The van der Waals surface area contributed by atoms with Gasteiger partial charge in [-0.2, -0.15) is 0 Å². The number of amides is 1. The molecule has 0 bridgehead atoms. The Morgan fingerprint density at radius 1 is 1.40 bits per heavy atom. The third-order valence-electron chi connectivity index (χ3n) is 2.94. The van der Waals surface area contributed by atoms with Crippen LogP contribution in [0.5, 0.6) is 0 Å². The minimum absolute atomic E-state index is 0.0461. The Balaban J connectivity index is 1.64. The van der Waals surface area contributed by atoms with Gasteiger partial charge < -0.3 is 14.9 Å². The molecule has 0 aliphatic carbocycles. The summed E-state index contributed by atoms with van der Waals surface area (Å²) in [6.45, 7) is 0.565. The molecular weight excluding hydrogens is 272 g/mol. The van der Waals surface area contributed by atoms with E-state index in [0.29, 0.717) is 13.0 Å². The number of H-pyrrole nitrogens is 1. The zero-order valence-corrected chi connectivity index (χ0v) is 11.6. The lowest BCUT2D eigenvalue weighted by Crippen LogP contribution is -2.26.